The molecule has 0 saturated carbocycles. The third-order valence-corrected chi connectivity index (χ3v) is 17.4. The third kappa shape index (κ3) is 6.05. The minimum absolute atomic E-state index is 0.338. The van der Waals surface area contributed by atoms with Gasteiger partial charge in [-0.3, -0.25) is 0 Å². The van der Waals surface area contributed by atoms with Gasteiger partial charge in [0, 0.05) is 23.3 Å². The van der Waals surface area contributed by atoms with E-state index in [2.05, 4.69) is 170 Å². The van der Waals surface area contributed by atoms with Crippen LogP contribution in [0.25, 0.3) is 131 Å². The van der Waals surface area contributed by atoms with Gasteiger partial charge in [0.25, 0.3) is 0 Å². The van der Waals surface area contributed by atoms with Crippen molar-refractivity contribution in [3.05, 3.63) is 308 Å². The fourth-order valence-corrected chi connectivity index (χ4v) is 14.3. The summed E-state index contributed by atoms with van der Waals surface area (Å²) in [5, 5.41) is 22.4. The Balaban J connectivity index is 1.06. The van der Waals surface area contributed by atoms with Crippen molar-refractivity contribution in [2.45, 2.75) is 0 Å². The lowest BCUT2D eigenvalue weighted by Gasteiger charge is -2.17. The average molecular weight is 1030 g/mol. The van der Waals surface area contributed by atoms with Gasteiger partial charge in [-0.2, -0.15) is 0 Å². The van der Waals surface area contributed by atoms with Crippen molar-refractivity contribution in [2.75, 3.05) is 0 Å². The SMILES string of the molecule is Fc1ccc(-c2ccccc2-c2c3c(c(-c4ccccc4)c4ccccc24)=c2ccc4c5ccc6c7c(ccc(c8ccc=3c2c48)c75)=c2c(-c3ccccc3)c3ccccc3c(-c3ccccc3-c3ccc(F)cc3F)c2=6)c(F)c1. The van der Waals surface area contributed by atoms with Crippen LogP contribution < -0.4 is 0 Å². The van der Waals surface area contributed by atoms with E-state index in [4.69, 9.17) is 0 Å². The third-order valence-electron chi connectivity index (χ3n) is 17.4. The Morgan fingerprint density at radius 3 is 0.850 bits per heavy atom. The second-order valence-electron chi connectivity index (χ2n) is 21.3. The minimum atomic E-state index is -0.620. The average Bonchev–Trinajstić information content (AvgIpc) is 2.64. The van der Waals surface area contributed by atoms with Crippen LogP contribution in [0.1, 0.15) is 0 Å². The maximum atomic E-state index is 16.1. The molecule has 0 atom stereocenters. The molecule has 15 aromatic rings. The first-order valence-electron chi connectivity index (χ1n) is 27.0. The Morgan fingerprint density at radius 2 is 0.500 bits per heavy atom. The molecule has 0 nitrogen and oxygen atoms in total. The summed E-state index contributed by atoms with van der Waals surface area (Å²) in [6, 6.07) is 80.5. The van der Waals surface area contributed by atoms with Crippen LogP contribution in [0, 0.1) is 65.0 Å². The van der Waals surface area contributed by atoms with Gasteiger partial charge in [-0.1, -0.05) is 206 Å². The second kappa shape index (κ2) is 16.7. The highest BCUT2D eigenvalue weighted by Gasteiger charge is 2.27. The second-order valence-corrected chi connectivity index (χ2v) is 21.3. The Hall–Kier alpha value is -10.2. The summed E-state index contributed by atoms with van der Waals surface area (Å²) in [6.45, 7) is 0. The van der Waals surface area contributed by atoms with Crippen LogP contribution in [0.3, 0.4) is 0 Å². The Morgan fingerprint density at radius 1 is 0.200 bits per heavy atom. The lowest BCUT2D eigenvalue weighted by molar-refractivity contribution is 0.585. The number of hydrogen-bond donors (Lipinski definition) is 0. The zero-order chi connectivity index (χ0) is 53.1. The summed E-state index contributed by atoms with van der Waals surface area (Å²) in [7, 11) is 0. The van der Waals surface area contributed by atoms with Crippen LogP contribution in [0.15, 0.2) is 243 Å². The maximum absolute atomic E-state index is 16.1. The van der Waals surface area contributed by atoms with Gasteiger partial charge in [0.1, 0.15) is 23.3 Å². The van der Waals surface area contributed by atoms with Gasteiger partial charge in [0.15, 0.2) is 0 Å². The molecule has 17 rings (SSSR count). The monoisotopic (exact) mass is 1030 g/mol. The van der Waals surface area contributed by atoms with E-state index in [1.54, 1.807) is 12.1 Å². The molecule has 0 spiro atoms. The van der Waals surface area contributed by atoms with E-state index in [-0.39, 0.29) is 0 Å². The van der Waals surface area contributed by atoms with Gasteiger partial charge in [-0.15, -0.1) is 0 Å². The largest absolute Gasteiger partial charge is 0.207 e. The van der Waals surface area contributed by atoms with Crippen molar-refractivity contribution in [1.29, 1.82) is 0 Å². The van der Waals surface area contributed by atoms with E-state index in [9.17, 15) is 8.78 Å². The van der Waals surface area contributed by atoms with Crippen LogP contribution >= 0.6 is 0 Å². The summed E-state index contributed by atoms with van der Waals surface area (Å²) < 4.78 is 61.3. The topological polar surface area (TPSA) is 0 Å². The van der Waals surface area contributed by atoms with E-state index < -0.39 is 23.3 Å². The maximum Gasteiger partial charge on any atom is 0.133 e. The van der Waals surface area contributed by atoms with E-state index in [1.165, 1.54) is 33.7 Å². The number of halogens is 4. The molecule has 4 heteroatoms. The van der Waals surface area contributed by atoms with E-state index in [0.29, 0.717) is 22.3 Å². The molecule has 0 amide bonds. The normalized spacial score (nSPS) is 12.2. The molecule has 0 unspecified atom stereocenters. The summed E-state index contributed by atoms with van der Waals surface area (Å²) in [4.78, 5) is 0. The zero-order valence-corrected chi connectivity index (χ0v) is 42.6. The molecule has 15 aromatic carbocycles. The van der Waals surface area contributed by atoms with Gasteiger partial charge in [0.2, 0.25) is 0 Å². The van der Waals surface area contributed by atoms with Crippen molar-refractivity contribution < 1.29 is 17.6 Å². The first-order valence-corrected chi connectivity index (χ1v) is 27.0. The van der Waals surface area contributed by atoms with Gasteiger partial charge >= 0.3 is 0 Å². The predicted octanol–water partition coefficient (Wildman–Crippen LogP) is 20.4. The van der Waals surface area contributed by atoms with Crippen LogP contribution in [0.2, 0.25) is 0 Å². The van der Waals surface area contributed by atoms with E-state index in [0.717, 1.165) is 141 Å². The van der Waals surface area contributed by atoms with Crippen LogP contribution in [-0.2, 0) is 0 Å². The Kier molecular flexibility index (Phi) is 9.36. The summed E-state index contributed by atoms with van der Waals surface area (Å²) in [5.74, 6) is -2.46. The quantitative estimate of drug-likeness (QED) is 0.0885. The van der Waals surface area contributed by atoms with Crippen LogP contribution in [0.5, 0.6) is 0 Å². The Bertz CT molecular complexity index is 5330. The molecule has 0 heterocycles. The molecule has 80 heavy (non-hydrogen) atoms. The molecule has 0 fully saturated rings. The van der Waals surface area contributed by atoms with Crippen molar-refractivity contribution in [3.63, 3.8) is 0 Å². The first-order chi connectivity index (χ1) is 39.4. The first kappa shape index (κ1) is 44.9. The zero-order valence-electron chi connectivity index (χ0n) is 42.6. The van der Waals surface area contributed by atoms with Gasteiger partial charge in [0.05, 0.1) is 0 Å². The van der Waals surface area contributed by atoms with Crippen molar-refractivity contribution >= 4 is 64.6 Å². The molecule has 0 bridgehead atoms. The molecule has 0 saturated heterocycles. The molecular weight excluding hydrogens is 989 g/mol. The molecular formula is C76H40F4. The highest BCUT2D eigenvalue weighted by Crippen LogP contribution is 2.50. The van der Waals surface area contributed by atoms with Crippen LogP contribution in [0.4, 0.5) is 17.6 Å². The van der Waals surface area contributed by atoms with Crippen molar-refractivity contribution in [2.24, 2.45) is 0 Å². The molecule has 2 aliphatic rings. The highest BCUT2D eigenvalue weighted by molar-refractivity contribution is 6.33. The van der Waals surface area contributed by atoms with Gasteiger partial charge in [-0.25, -0.2) is 17.6 Å². The Labute approximate surface area is 454 Å². The standard InChI is InChI=1S/C76H40F4/c77-43-27-29-47(63(79)39-43)45-19-7-9-21-49(45)69-53-25-13-11-23-51(53)65(41-15-3-1-4-16-41)73-59-35-31-55-58-34-38-62-72-60(36-32-56(68(58)72)57-33-37-61(75(69)73)71(59)67(55)57)74-66(42-17-5-2-6-18-42)52-24-12-14-26-54(52)70(76(62)74)50-22-10-8-20-46(50)48-30-28-44(78)40-64(48)80/h1-40H. The number of benzene rings is 15. The number of rotatable bonds is 6. The summed E-state index contributed by atoms with van der Waals surface area (Å²) in [5.41, 5.74) is 10.2. The highest BCUT2D eigenvalue weighted by atomic mass is 19.1. The number of hydrogen-bond acceptors (Lipinski definition) is 0. The van der Waals surface area contributed by atoms with E-state index >= 15 is 8.78 Å². The van der Waals surface area contributed by atoms with E-state index in [1.807, 2.05) is 36.4 Å². The van der Waals surface area contributed by atoms with Gasteiger partial charge in [-0.05, 0) is 186 Å². The molecule has 0 aromatic heterocycles. The molecule has 372 valence electrons. The predicted molar refractivity (Wildman–Crippen MR) is 319 cm³/mol. The minimum Gasteiger partial charge on any atom is -0.207 e. The summed E-state index contributed by atoms with van der Waals surface area (Å²) in [6.07, 6.45) is 0. The van der Waals surface area contributed by atoms with Crippen LogP contribution in [-0.4, -0.2) is 0 Å². The van der Waals surface area contributed by atoms with Crippen molar-refractivity contribution in [1.82, 2.24) is 0 Å². The number of fused-ring (bicyclic) bond motifs is 6. The fraction of sp³-hybridized carbons (Fsp3) is 0. The van der Waals surface area contributed by atoms with Gasteiger partial charge < -0.3 is 0 Å². The molecule has 0 N–H and O–H groups in total. The lowest BCUT2D eigenvalue weighted by Crippen LogP contribution is -1.95. The van der Waals surface area contributed by atoms with Crippen molar-refractivity contribution in [3.8, 4) is 66.8 Å². The molecule has 2 aliphatic carbocycles. The smallest absolute Gasteiger partial charge is 0.133 e. The molecule has 0 radical (unpaired) electrons. The fourth-order valence-electron chi connectivity index (χ4n) is 14.3. The summed E-state index contributed by atoms with van der Waals surface area (Å²) >= 11 is 0. The molecule has 0 aliphatic heterocycles. The lowest BCUT2D eigenvalue weighted by atomic mass is 9.85.